The summed E-state index contributed by atoms with van der Waals surface area (Å²) in [6.07, 6.45) is 0. The molecule has 5 heteroatoms. The van der Waals surface area contributed by atoms with Crippen LogP contribution in [0.2, 0.25) is 0 Å². The Balaban J connectivity index is 1.97. The molecule has 0 bridgehead atoms. The molecular weight excluding hydrogens is 404 g/mol. The molecular formula is C27H18O5. The summed E-state index contributed by atoms with van der Waals surface area (Å²) in [4.78, 5) is 23.7. The molecule has 0 amide bonds. The van der Waals surface area contributed by atoms with Gasteiger partial charge in [0.15, 0.2) is 0 Å². The minimum absolute atomic E-state index is 0.126. The van der Waals surface area contributed by atoms with Crippen LogP contribution in [0.15, 0.2) is 97.1 Å². The van der Waals surface area contributed by atoms with Crippen LogP contribution >= 0.6 is 0 Å². The van der Waals surface area contributed by atoms with Crippen LogP contribution in [0.4, 0.5) is 0 Å². The van der Waals surface area contributed by atoms with Gasteiger partial charge in [-0.05, 0) is 47.5 Å². The molecule has 0 unspecified atom stereocenters. The fourth-order valence-corrected chi connectivity index (χ4v) is 4.52. The highest BCUT2D eigenvalue weighted by atomic mass is 16.5. The maximum Gasteiger partial charge on any atom is 0.335 e. The van der Waals surface area contributed by atoms with E-state index in [1.54, 1.807) is 24.3 Å². The van der Waals surface area contributed by atoms with E-state index < -0.39 is 17.4 Å². The first-order chi connectivity index (χ1) is 15.5. The minimum atomic E-state index is -1.05. The molecule has 0 aliphatic carbocycles. The number of benzene rings is 4. The lowest BCUT2D eigenvalue weighted by Crippen LogP contribution is -2.34. The fourth-order valence-electron chi connectivity index (χ4n) is 4.52. The highest BCUT2D eigenvalue weighted by Crippen LogP contribution is 2.55. The van der Waals surface area contributed by atoms with Crippen LogP contribution in [-0.2, 0) is 5.41 Å². The molecule has 0 spiro atoms. The summed E-state index contributed by atoms with van der Waals surface area (Å²) in [5.41, 5.74) is 2.32. The van der Waals surface area contributed by atoms with Crippen LogP contribution in [0.1, 0.15) is 43.0 Å². The summed E-state index contributed by atoms with van der Waals surface area (Å²) < 4.78 is 6.16. The summed E-state index contributed by atoms with van der Waals surface area (Å²) in [7, 11) is 0. The van der Waals surface area contributed by atoms with Crippen molar-refractivity contribution in [2.75, 3.05) is 0 Å². The summed E-state index contributed by atoms with van der Waals surface area (Å²) in [6, 6.07) is 28.9. The first-order valence-corrected chi connectivity index (χ1v) is 10.1. The highest BCUT2D eigenvalue weighted by Gasteiger charge is 2.46. The quantitative estimate of drug-likeness (QED) is 0.395. The van der Waals surface area contributed by atoms with E-state index in [-0.39, 0.29) is 11.1 Å². The summed E-state index contributed by atoms with van der Waals surface area (Å²) in [5, 5.41) is 19.4. The van der Waals surface area contributed by atoms with Gasteiger partial charge in [-0.1, -0.05) is 60.7 Å². The van der Waals surface area contributed by atoms with Crippen molar-refractivity contribution in [3.63, 3.8) is 0 Å². The topological polar surface area (TPSA) is 83.8 Å². The molecule has 0 saturated carbocycles. The molecule has 1 heterocycles. The van der Waals surface area contributed by atoms with Gasteiger partial charge in [0.2, 0.25) is 0 Å². The van der Waals surface area contributed by atoms with Crippen molar-refractivity contribution in [1.29, 1.82) is 0 Å². The zero-order valence-corrected chi connectivity index (χ0v) is 16.9. The Hall–Kier alpha value is -4.38. The second kappa shape index (κ2) is 7.39. The number of rotatable bonds is 4. The van der Waals surface area contributed by atoms with E-state index in [4.69, 9.17) is 4.74 Å². The van der Waals surface area contributed by atoms with E-state index in [1.165, 1.54) is 12.1 Å². The Morgan fingerprint density at radius 3 is 1.38 bits per heavy atom. The van der Waals surface area contributed by atoms with Crippen molar-refractivity contribution in [1.82, 2.24) is 0 Å². The molecule has 0 fully saturated rings. The van der Waals surface area contributed by atoms with E-state index in [0.29, 0.717) is 22.6 Å². The van der Waals surface area contributed by atoms with Gasteiger partial charge in [0.25, 0.3) is 0 Å². The van der Waals surface area contributed by atoms with Gasteiger partial charge < -0.3 is 14.9 Å². The lowest BCUT2D eigenvalue weighted by Gasteiger charge is -2.41. The van der Waals surface area contributed by atoms with Gasteiger partial charge in [0.1, 0.15) is 11.5 Å². The number of hydrogen-bond acceptors (Lipinski definition) is 3. The number of carboxylic acid groups (broad SMARTS) is 2. The first-order valence-electron chi connectivity index (χ1n) is 10.1. The van der Waals surface area contributed by atoms with Crippen LogP contribution in [0.3, 0.4) is 0 Å². The number of carbonyl (C=O) groups is 2. The zero-order valence-electron chi connectivity index (χ0n) is 16.9. The fraction of sp³-hybridized carbons (Fsp3) is 0.0370. The van der Waals surface area contributed by atoms with Crippen molar-refractivity contribution in [3.8, 4) is 11.5 Å². The van der Waals surface area contributed by atoms with E-state index in [2.05, 4.69) is 0 Å². The molecule has 4 aromatic carbocycles. The lowest BCUT2D eigenvalue weighted by atomic mass is 9.63. The standard InChI is InChI=1S/C27H18O5/c28-25(29)17-11-13-23-21(15-17)27(19-7-3-1-4-8-19,20-9-5-2-6-10-20)22-16-18(26(30)31)12-14-24(22)32-23/h1-16H,(H,28,29)(H,30,31). The molecule has 0 saturated heterocycles. The Morgan fingerprint density at radius 2 is 1.00 bits per heavy atom. The first kappa shape index (κ1) is 19.6. The minimum Gasteiger partial charge on any atom is -0.478 e. The van der Waals surface area contributed by atoms with Crippen molar-refractivity contribution in [2.45, 2.75) is 5.41 Å². The number of aromatic carboxylic acids is 2. The van der Waals surface area contributed by atoms with E-state index >= 15 is 0 Å². The van der Waals surface area contributed by atoms with Gasteiger partial charge >= 0.3 is 11.9 Å². The SMILES string of the molecule is O=C(O)c1ccc2c(c1)C(c1ccccc1)(c1ccccc1)c1cc(C(=O)O)ccc1O2. The average Bonchev–Trinajstić information content (AvgIpc) is 2.83. The van der Waals surface area contributed by atoms with E-state index in [9.17, 15) is 19.8 Å². The third-order valence-electron chi connectivity index (χ3n) is 5.89. The predicted octanol–water partition coefficient (Wildman–Crippen LogP) is 5.57. The van der Waals surface area contributed by atoms with Crippen LogP contribution < -0.4 is 4.74 Å². The summed E-state index contributed by atoms with van der Waals surface area (Å²) in [5.74, 6) is -1.04. The Labute approximate surface area is 184 Å². The van der Waals surface area contributed by atoms with Crippen LogP contribution in [0, 0.1) is 0 Å². The number of hydrogen-bond donors (Lipinski definition) is 2. The molecule has 5 rings (SSSR count). The predicted molar refractivity (Wildman–Crippen MR) is 119 cm³/mol. The van der Waals surface area contributed by atoms with Gasteiger partial charge in [-0.2, -0.15) is 0 Å². The van der Waals surface area contributed by atoms with Crippen molar-refractivity contribution in [2.24, 2.45) is 0 Å². The molecule has 4 aromatic rings. The third-order valence-corrected chi connectivity index (χ3v) is 5.89. The molecule has 0 radical (unpaired) electrons. The second-order valence-electron chi connectivity index (χ2n) is 7.62. The molecule has 5 nitrogen and oxygen atoms in total. The van der Waals surface area contributed by atoms with Gasteiger partial charge in [0.05, 0.1) is 16.5 Å². The third kappa shape index (κ3) is 2.87. The van der Waals surface area contributed by atoms with Gasteiger partial charge in [0, 0.05) is 11.1 Å². The summed E-state index contributed by atoms with van der Waals surface area (Å²) in [6.45, 7) is 0. The smallest absolute Gasteiger partial charge is 0.335 e. The average molecular weight is 422 g/mol. The number of ether oxygens (including phenoxy) is 1. The van der Waals surface area contributed by atoms with Crippen molar-refractivity contribution in [3.05, 3.63) is 130 Å². The van der Waals surface area contributed by atoms with Gasteiger partial charge in [-0.3, -0.25) is 0 Å². The van der Waals surface area contributed by atoms with Crippen LogP contribution in [0.5, 0.6) is 11.5 Å². The molecule has 1 aliphatic rings. The molecule has 2 N–H and O–H groups in total. The van der Waals surface area contributed by atoms with Gasteiger partial charge in [-0.15, -0.1) is 0 Å². The molecule has 1 aliphatic heterocycles. The zero-order chi connectivity index (χ0) is 22.3. The Morgan fingerprint density at radius 1 is 0.594 bits per heavy atom. The molecule has 156 valence electrons. The van der Waals surface area contributed by atoms with E-state index in [1.807, 2.05) is 60.7 Å². The van der Waals surface area contributed by atoms with Crippen LogP contribution in [0.25, 0.3) is 0 Å². The number of fused-ring (bicyclic) bond motifs is 2. The molecule has 0 atom stereocenters. The Kier molecular flexibility index (Phi) is 4.52. The van der Waals surface area contributed by atoms with E-state index in [0.717, 1.165) is 11.1 Å². The monoisotopic (exact) mass is 422 g/mol. The maximum atomic E-state index is 11.8. The second-order valence-corrected chi connectivity index (χ2v) is 7.62. The normalized spacial score (nSPS) is 13.4. The van der Waals surface area contributed by atoms with Crippen molar-refractivity contribution < 1.29 is 24.5 Å². The highest BCUT2D eigenvalue weighted by molar-refractivity contribution is 5.90. The Bertz CT molecular complexity index is 1240. The summed E-state index contributed by atoms with van der Waals surface area (Å²) >= 11 is 0. The van der Waals surface area contributed by atoms with Crippen molar-refractivity contribution >= 4 is 11.9 Å². The molecule has 0 aromatic heterocycles. The maximum absolute atomic E-state index is 11.8. The largest absolute Gasteiger partial charge is 0.478 e. The van der Waals surface area contributed by atoms with Crippen LogP contribution in [-0.4, -0.2) is 22.2 Å². The number of carboxylic acids is 2. The lowest BCUT2D eigenvalue weighted by molar-refractivity contribution is 0.0686. The molecule has 32 heavy (non-hydrogen) atoms. The van der Waals surface area contributed by atoms with Gasteiger partial charge in [-0.25, -0.2) is 9.59 Å².